The molecule has 1 unspecified atom stereocenters. The molecule has 0 saturated heterocycles. The Morgan fingerprint density at radius 3 is 2.51 bits per heavy atom. The summed E-state index contributed by atoms with van der Waals surface area (Å²) in [7, 11) is 1.38. The van der Waals surface area contributed by atoms with Gasteiger partial charge in [-0.3, -0.25) is 9.36 Å². The normalized spacial score (nSPS) is 12.5. The predicted molar refractivity (Wildman–Crippen MR) is 123 cm³/mol. The van der Waals surface area contributed by atoms with E-state index >= 15 is 0 Å². The number of rotatable bonds is 7. The van der Waals surface area contributed by atoms with Crippen molar-refractivity contribution in [3.05, 3.63) is 81.5 Å². The second-order valence-electron chi connectivity index (χ2n) is 7.78. The number of nitrogens with one attached hydrogen (secondary N) is 1. The van der Waals surface area contributed by atoms with Crippen molar-refractivity contribution in [3.63, 3.8) is 0 Å². The highest BCUT2D eigenvalue weighted by atomic mass is 35.5. The molecule has 0 aliphatic carbocycles. The Morgan fingerprint density at radius 2 is 1.86 bits per heavy atom. The number of alkyl halides is 3. The molecule has 4 aromatic rings. The Balaban J connectivity index is 1.71. The van der Waals surface area contributed by atoms with E-state index in [1.165, 1.54) is 48.4 Å². The average Bonchev–Trinajstić information content (AvgIpc) is 3.44. The minimum absolute atomic E-state index is 0.0217. The van der Waals surface area contributed by atoms with Crippen molar-refractivity contribution in [2.75, 3.05) is 7.05 Å². The Hall–Kier alpha value is -4.04. The van der Waals surface area contributed by atoms with Crippen LogP contribution in [0.15, 0.2) is 53.6 Å². The number of carbonyl (C=O) groups excluding carboxylic acids is 1. The van der Waals surface area contributed by atoms with Crippen molar-refractivity contribution in [1.29, 1.82) is 0 Å². The lowest BCUT2D eigenvalue weighted by atomic mass is 10.1. The maximum atomic E-state index is 13.7. The average molecular weight is 540 g/mol. The van der Waals surface area contributed by atoms with Gasteiger partial charge in [-0.25, -0.2) is 23.5 Å². The molecule has 0 spiro atoms. The number of aromatic nitrogens is 6. The Labute approximate surface area is 210 Å². The van der Waals surface area contributed by atoms with Gasteiger partial charge in [0.05, 0.1) is 17.8 Å². The predicted octanol–water partition coefficient (Wildman–Crippen LogP) is 2.42. The third-order valence-electron chi connectivity index (χ3n) is 5.27. The molecule has 0 aliphatic rings. The van der Waals surface area contributed by atoms with Gasteiger partial charge in [-0.05, 0) is 42.5 Å². The summed E-state index contributed by atoms with van der Waals surface area (Å²) in [4.78, 5) is 29.2. The fraction of sp³-hybridized carbons (Fsp3) is 0.227. The quantitative estimate of drug-likeness (QED) is 0.348. The first-order valence-electron chi connectivity index (χ1n) is 10.6. The van der Waals surface area contributed by atoms with Gasteiger partial charge in [0.2, 0.25) is 0 Å². The third kappa shape index (κ3) is 5.54. The summed E-state index contributed by atoms with van der Waals surface area (Å²) >= 11 is 5.88. The maximum absolute atomic E-state index is 13.7. The van der Waals surface area contributed by atoms with Crippen LogP contribution < -0.4 is 11.0 Å². The van der Waals surface area contributed by atoms with Crippen molar-refractivity contribution in [3.8, 4) is 17.1 Å². The molecule has 1 amide bonds. The number of carbonyl (C=O) groups is 1. The second-order valence-corrected chi connectivity index (χ2v) is 8.22. The zero-order chi connectivity index (χ0) is 26.9. The van der Waals surface area contributed by atoms with Crippen molar-refractivity contribution in [2.45, 2.75) is 25.4 Å². The molecule has 15 heteroatoms. The van der Waals surface area contributed by atoms with E-state index in [9.17, 15) is 32.3 Å². The van der Waals surface area contributed by atoms with E-state index < -0.39 is 36.2 Å². The number of hydrogen-bond donors (Lipinski definition) is 2. The first kappa shape index (κ1) is 26.0. The monoisotopic (exact) mass is 539 g/mol. The van der Waals surface area contributed by atoms with Gasteiger partial charge in [0, 0.05) is 17.6 Å². The minimum Gasteiger partial charge on any atom is -0.382 e. The molecule has 0 radical (unpaired) electrons. The number of nitrogens with zero attached hydrogens (tertiary/aromatic N) is 6. The molecule has 0 aliphatic heterocycles. The summed E-state index contributed by atoms with van der Waals surface area (Å²) < 4.78 is 55.5. The van der Waals surface area contributed by atoms with E-state index in [2.05, 4.69) is 20.5 Å². The first-order valence-corrected chi connectivity index (χ1v) is 11.0. The molecule has 2 heterocycles. The molecule has 0 bridgehead atoms. The number of benzene rings is 2. The van der Waals surface area contributed by atoms with Gasteiger partial charge in [-0.15, -0.1) is 10.2 Å². The molecule has 37 heavy (non-hydrogen) atoms. The molecular formula is C22H18ClF4N7O3. The molecule has 194 valence electrons. The van der Waals surface area contributed by atoms with Gasteiger partial charge in [0.25, 0.3) is 5.91 Å². The van der Waals surface area contributed by atoms with Crippen LogP contribution >= 0.6 is 11.6 Å². The van der Waals surface area contributed by atoms with Gasteiger partial charge < -0.3 is 10.4 Å². The summed E-state index contributed by atoms with van der Waals surface area (Å²) in [5.41, 5.74) is -0.480. The lowest BCUT2D eigenvalue weighted by Gasteiger charge is -2.15. The molecule has 2 aromatic carbocycles. The standard InChI is InChI=1S/C22H18ClF4N7O3/c1-28-20(36)15-8-14(24)6-7-16(15)34-11-29-18(30-34)10-33-21(37)32(9-17(35)22(25,26)27)19(31-33)12-2-4-13(23)5-3-12/h2-8,11,17,35H,9-10H2,1H3,(H,28,36). The van der Waals surface area contributed by atoms with Crippen molar-refractivity contribution in [2.24, 2.45) is 0 Å². The molecule has 2 N–H and O–H groups in total. The lowest BCUT2D eigenvalue weighted by molar-refractivity contribution is -0.207. The van der Waals surface area contributed by atoms with Crippen LogP contribution in [0.2, 0.25) is 5.02 Å². The SMILES string of the molecule is CNC(=O)c1cc(F)ccc1-n1cnc(Cn2nc(-c3ccc(Cl)cc3)n(CC(O)C(F)(F)F)c2=O)n1. The van der Waals surface area contributed by atoms with E-state index in [0.717, 1.165) is 16.8 Å². The zero-order valence-corrected chi connectivity index (χ0v) is 19.7. The van der Waals surface area contributed by atoms with E-state index in [-0.39, 0.29) is 35.0 Å². The fourth-order valence-corrected chi connectivity index (χ4v) is 3.57. The van der Waals surface area contributed by atoms with Crippen LogP contribution in [0.5, 0.6) is 0 Å². The molecule has 10 nitrogen and oxygen atoms in total. The molecule has 1 atom stereocenters. The number of aliphatic hydroxyl groups excluding tert-OH is 1. The molecule has 4 rings (SSSR count). The van der Waals surface area contributed by atoms with E-state index in [4.69, 9.17) is 11.6 Å². The highest BCUT2D eigenvalue weighted by Crippen LogP contribution is 2.24. The molecule has 0 fully saturated rings. The summed E-state index contributed by atoms with van der Waals surface area (Å²) in [6.45, 7) is -1.44. The highest BCUT2D eigenvalue weighted by Gasteiger charge is 2.39. The summed E-state index contributed by atoms with van der Waals surface area (Å²) in [5.74, 6) is -1.32. The Kier molecular flexibility index (Phi) is 7.14. The summed E-state index contributed by atoms with van der Waals surface area (Å²) in [5, 5.41) is 20.7. The number of amides is 1. The van der Waals surface area contributed by atoms with Crippen LogP contribution in [0, 0.1) is 5.82 Å². The minimum atomic E-state index is -4.96. The Bertz CT molecular complexity index is 1500. The number of halogens is 5. The van der Waals surface area contributed by atoms with E-state index in [1.807, 2.05) is 0 Å². The van der Waals surface area contributed by atoms with Gasteiger partial charge in [-0.1, -0.05) is 11.6 Å². The van der Waals surface area contributed by atoms with Crippen molar-refractivity contribution < 1.29 is 27.5 Å². The van der Waals surface area contributed by atoms with Crippen molar-refractivity contribution >= 4 is 17.5 Å². The number of aliphatic hydroxyl groups is 1. The van der Waals surface area contributed by atoms with Crippen LogP contribution in [-0.2, 0) is 13.1 Å². The van der Waals surface area contributed by atoms with Crippen LogP contribution in [-0.4, -0.2) is 59.5 Å². The topological polar surface area (TPSA) is 120 Å². The second kappa shape index (κ2) is 10.1. The summed E-state index contributed by atoms with van der Waals surface area (Å²) in [6.07, 6.45) is -6.55. The van der Waals surface area contributed by atoms with E-state index in [0.29, 0.717) is 9.59 Å². The smallest absolute Gasteiger partial charge is 0.382 e. The lowest BCUT2D eigenvalue weighted by Crippen LogP contribution is -2.37. The van der Waals surface area contributed by atoms with Gasteiger partial charge in [0.1, 0.15) is 18.7 Å². The maximum Gasteiger partial charge on any atom is 0.416 e. The van der Waals surface area contributed by atoms with Gasteiger partial charge >= 0.3 is 11.9 Å². The highest BCUT2D eigenvalue weighted by molar-refractivity contribution is 6.30. The van der Waals surface area contributed by atoms with Crippen molar-refractivity contribution in [1.82, 2.24) is 34.4 Å². The summed E-state index contributed by atoms with van der Waals surface area (Å²) in [6, 6.07) is 9.34. The van der Waals surface area contributed by atoms with Crippen LogP contribution in [0.1, 0.15) is 16.2 Å². The van der Waals surface area contributed by atoms with Gasteiger partial charge in [0.15, 0.2) is 17.8 Å². The zero-order valence-electron chi connectivity index (χ0n) is 18.9. The molecular weight excluding hydrogens is 522 g/mol. The number of hydrogen-bond acceptors (Lipinski definition) is 6. The van der Waals surface area contributed by atoms with Gasteiger partial charge in [-0.2, -0.15) is 13.2 Å². The fourth-order valence-electron chi connectivity index (χ4n) is 3.44. The van der Waals surface area contributed by atoms with Crippen LogP contribution in [0.25, 0.3) is 17.1 Å². The first-order chi connectivity index (χ1) is 17.5. The van der Waals surface area contributed by atoms with E-state index in [1.54, 1.807) is 0 Å². The van der Waals surface area contributed by atoms with Crippen LogP contribution in [0.4, 0.5) is 17.6 Å². The molecule has 2 aromatic heterocycles. The molecule has 0 saturated carbocycles. The third-order valence-corrected chi connectivity index (χ3v) is 5.52. The largest absolute Gasteiger partial charge is 0.416 e. The van der Waals surface area contributed by atoms with Crippen LogP contribution in [0.3, 0.4) is 0 Å². The Morgan fingerprint density at radius 1 is 1.16 bits per heavy atom.